The van der Waals surface area contributed by atoms with Crippen LogP contribution < -0.4 is 129 Å². The van der Waals surface area contributed by atoms with Crippen molar-refractivity contribution >= 4 is 101 Å². The van der Waals surface area contributed by atoms with Gasteiger partial charge >= 0.3 is 118 Å². The molecule has 0 aliphatic heterocycles. The molecule has 3 N–H and O–H groups in total. The largest absolute Gasteiger partial charge is 1.00 e. The smallest absolute Gasteiger partial charge is 0.744 e. The number of sulfone groups is 2. The molecule has 0 aromatic heterocycles. The van der Waals surface area contributed by atoms with Gasteiger partial charge in [0.15, 0.2) is 19.7 Å². The van der Waals surface area contributed by atoms with Gasteiger partial charge in [0.05, 0.1) is 66.9 Å². The number of hydrogen-bond donors (Lipinski definition) is 2. The summed E-state index contributed by atoms with van der Waals surface area (Å²) in [4.78, 5) is 10.3. The van der Waals surface area contributed by atoms with Crippen LogP contribution in [-0.2, 0) is 69.1 Å². The molecular formula is C26H21N5Na4O19S6. The maximum absolute atomic E-state index is 13.7. The van der Waals surface area contributed by atoms with Crippen LogP contribution in [0.25, 0.3) is 6.08 Å². The standard InChI is InChI=1S/C26H25N5O19S6.4Na/c27-23-22-15(13-20(53(37,38)39)24(23)30-28-16-1-5-18(6-2-16)51(33,34)11-9-49-55(43,44)45)14-21(54(40,41)42)25(26(22)32)31-29-17-3-7-19(8-4-17)52(35,36)12-10-50-56(46,47)48;;;;/h1-8,13-14,29H,9-12,27H2,(H,37,38,39)(H,40,41,42)(H,43,44,45)(H,46,47,48);;;;/q;4*+1/p-4/b30-28?,31-25-;;;;. The van der Waals surface area contributed by atoms with E-state index >= 15 is 0 Å². The van der Waals surface area contributed by atoms with Crippen LogP contribution >= 0.6 is 0 Å². The van der Waals surface area contributed by atoms with Crippen molar-refractivity contribution in [2.24, 2.45) is 15.3 Å². The van der Waals surface area contributed by atoms with E-state index in [2.05, 4.69) is 29.1 Å². The van der Waals surface area contributed by atoms with E-state index in [9.17, 15) is 73.5 Å². The molecule has 0 saturated carbocycles. The number of nitrogens with one attached hydrogen (secondary N) is 1. The Bertz CT molecular complexity index is 2880. The van der Waals surface area contributed by atoms with Gasteiger partial charge in [-0.1, -0.05) is 0 Å². The zero-order valence-corrected chi connectivity index (χ0v) is 44.1. The molecule has 0 heterocycles. The second-order valence-electron chi connectivity index (χ2n) is 10.7. The number of anilines is 2. The van der Waals surface area contributed by atoms with Gasteiger partial charge in [-0.15, -0.1) is 5.11 Å². The van der Waals surface area contributed by atoms with Gasteiger partial charge in [-0.3, -0.25) is 18.6 Å². The third-order valence-electron chi connectivity index (χ3n) is 6.96. The molecule has 304 valence electrons. The molecule has 0 spiro atoms. The minimum absolute atomic E-state index is 0. The van der Waals surface area contributed by atoms with Gasteiger partial charge in [0.2, 0.25) is 26.6 Å². The summed E-state index contributed by atoms with van der Waals surface area (Å²) in [7, 11) is -29.8. The Morgan fingerprint density at radius 3 is 1.50 bits per heavy atom. The van der Waals surface area contributed by atoms with Gasteiger partial charge < -0.3 is 23.9 Å². The molecular weight excluding hydrogens is 971 g/mol. The van der Waals surface area contributed by atoms with E-state index in [1.807, 2.05) is 0 Å². The Kier molecular flexibility index (Phi) is 22.8. The van der Waals surface area contributed by atoms with Crippen molar-refractivity contribution in [3.63, 3.8) is 0 Å². The summed E-state index contributed by atoms with van der Waals surface area (Å²) in [5.74, 6) is -3.25. The Labute approximate surface area is 431 Å². The summed E-state index contributed by atoms with van der Waals surface area (Å²) in [6, 6.07) is 8.49. The molecule has 0 atom stereocenters. The van der Waals surface area contributed by atoms with Crippen molar-refractivity contribution in [3.8, 4) is 0 Å². The van der Waals surface area contributed by atoms with Crippen LogP contribution in [0.3, 0.4) is 0 Å². The van der Waals surface area contributed by atoms with Crippen molar-refractivity contribution < 1.29 is 200 Å². The van der Waals surface area contributed by atoms with Crippen LogP contribution in [0, 0.1) is 0 Å². The fourth-order valence-corrected chi connectivity index (χ4v) is 8.77. The van der Waals surface area contributed by atoms with E-state index in [1.54, 1.807) is 0 Å². The van der Waals surface area contributed by atoms with E-state index in [-0.39, 0.29) is 130 Å². The van der Waals surface area contributed by atoms with Gasteiger partial charge in [-0.05, 0) is 66.2 Å². The summed E-state index contributed by atoms with van der Waals surface area (Å²) in [5.41, 5.74) is 3.73. The van der Waals surface area contributed by atoms with Gasteiger partial charge in [-0.2, -0.15) is 10.2 Å². The van der Waals surface area contributed by atoms with E-state index in [1.165, 1.54) is 0 Å². The summed E-state index contributed by atoms with van der Waals surface area (Å²) in [5, 5.41) is 11.0. The number of nitrogens with two attached hydrogens (primary N) is 1. The number of allylic oxidation sites excluding steroid dienone is 1. The fourth-order valence-electron chi connectivity index (χ4n) is 4.50. The number of azo groups is 1. The number of nitrogens with zero attached hydrogens (tertiary/aromatic N) is 3. The maximum atomic E-state index is 13.7. The Hall–Kier alpha value is -0.600. The number of hydrazone groups is 1. The first-order valence-electron chi connectivity index (χ1n) is 14.4. The average Bonchev–Trinajstić information content (AvgIpc) is 3.05. The molecule has 34 heteroatoms. The molecule has 0 bridgehead atoms. The molecule has 1 aliphatic carbocycles. The third-order valence-corrected chi connectivity index (χ3v) is 13.0. The summed E-state index contributed by atoms with van der Waals surface area (Å²) in [6.07, 6.45) is 0.502. The fraction of sp³-hybridized carbons (Fsp3) is 0.154. The Morgan fingerprint density at radius 1 is 0.633 bits per heavy atom. The topological polar surface area (TPSA) is 408 Å². The van der Waals surface area contributed by atoms with Crippen LogP contribution in [0.1, 0.15) is 15.9 Å². The molecule has 1 aliphatic rings. The number of ketones is 1. The predicted octanol–water partition coefficient (Wildman–Crippen LogP) is -12.3. The van der Waals surface area contributed by atoms with Crippen molar-refractivity contribution in [1.82, 2.24) is 0 Å². The summed E-state index contributed by atoms with van der Waals surface area (Å²) < 4.78 is 194. The zero-order chi connectivity index (χ0) is 42.1. The molecule has 0 radical (unpaired) electrons. The van der Waals surface area contributed by atoms with Crippen LogP contribution in [0.4, 0.5) is 22.7 Å². The van der Waals surface area contributed by atoms with Crippen molar-refractivity contribution in [2.45, 2.75) is 14.7 Å². The van der Waals surface area contributed by atoms with Crippen molar-refractivity contribution in [2.75, 3.05) is 35.9 Å². The van der Waals surface area contributed by atoms with Crippen LogP contribution in [0.15, 0.2) is 89.5 Å². The number of Topliss-reactive ketones (excluding diaryl/α,β-unsaturated/α-hetero) is 1. The van der Waals surface area contributed by atoms with Crippen LogP contribution in [-0.4, -0.2) is 105 Å². The number of fused-ring (bicyclic) bond motifs is 1. The Morgan fingerprint density at radius 2 is 1.08 bits per heavy atom. The number of carbonyl (C=O) groups is 1. The number of rotatable bonds is 16. The molecule has 0 saturated heterocycles. The van der Waals surface area contributed by atoms with Gasteiger partial charge in [-0.25, -0.2) is 50.5 Å². The van der Waals surface area contributed by atoms with Crippen LogP contribution in [0.2, 0.25) is 0 Å². The monoisotopic (exact) mass is 991 g/mol. The van der Waals surface area contributed by atoms with Crippen molar-refractivity contribution in [1.29, 1.82) is 0 Å². The minimum Gasteiger partial charge on any atom is -0.744 e. The molecule has 0 amide bonds. The first-order valence-corrected chi connectivity index (χ1v) is 23.1. The van der Waals surface area contributed by atoms with Crippen molar-refractivity contribution in [3.05, 3.63) is 70.6 Å². The van der Waals surface area contributed by atoms with E-state index in [0.29, 0.717) is 12.1 Å². The predicted molar refractivity (Wildman–Crippen MR) is 184 cm³/mol. The average molecular weight is 992 g/mol. The quantitative estimate of drug-likeness (QED) is 0.0336. The zero-order valence-electron chi connectivity index (χ0n) is 31.2. The van der Waals surface area contributed by atoms with Gasteiger partial charge in [0.1, 0.15) is 31.6 Å². The number of carbonyl (C=O) groups excluding carboxylic acids is 1. The second-order valence-corrected chi connectivity index (χ2v) is 19.8. The van der Waals surface area contributed by atoms with Gasteiger partial charge in [0.25, 0.3) is 0 Å². The van der Waals surface area contributed by atoms with E-state index in [4.69, 9.17) is 5.73 Å². The molecule has 3 aromatic carbocycles. The maximum Gasteiger partial charge on any atom is 1.00 e. The van der Waals surface area contributed by atoms with Gasteiger partial charge in [0, 0.05) is 0 Å². The van der Waals surface area contributed by atoms with E-state index in [0.717, 1.165) is 48.5 Å². The number of benzene rings is 3. The number of nitrogen functional groups attached to an aromatic ring is 1. The number of hydrogen-bond acceptors (Lipinski definition) is 24. The first-order chi connectivity index (χ1) is 25.6. The molecule has 24 nitrogen and oxygen atoms in total. The molecule has 3 aromatic rings. The summed E-state index contributed by atoms with van der Waals surface area (Å²) in [6.45, 7) is -1.97. The van der Waals surface area contributed by atoms with Crippen LogP contribution in [0.5, 0.6) is 0 Å². The first kappa shape index (κ1) is 59.4. The SMILES string of the molecule is Nc1c(N=Nc2ccc(S(=O)(=O)CCOS(=O)(=O)[O-])cc2)c(S(=O)(=O)[O-])cc2c1C(=O)/C(=N\Nc1ccc(S(=O)(=O)CCOS(=O)(=O)[O-])cc1)C(S(=O)(=O)[O-])=C2.[Na+].[Na+].[Na+].[Na+]. The normalized spacial score (nSPS) is 14.2. The summed E-state index contributed by atoms with van der Waals surface area (Å²) >= 11 is 0. The molecule has 60 heavy (non-hydrogen) atoms. The molecule has 0 unspecified atom stereocenters. The van der Waals surface area contributed by atoms with E-state index < -0.39 is 139 Å². The minimum atomic E-state index is -5.58. The Balaban J connectivity index is 0.00000870. The molecule has 0 fully saturated rings. The second kappa shape index (κ2) is 23.0. The third kappa shape index (κ3) is 16.4. The molecule has 4 rings (SSSR count).